The zero-order valence-corrected chi connectivity index (χ0v) is 17.8. The average molecular weight is 415 g/mol. The number of morpholine rings is 2. The first kappa shape index (κ1) is 18.8. The number of aromatic nitrogens is 4. The van der Waals surface area contributed by atoms with Gasteiger partial charge in [0.15, 0.2) is 0 Å². The molecule has 1 N–H and O–H groups in total. The molecule has 5 heterocycles. The van der Waals surface area contributed by atoms with Crippen LogP contribution in [0, 0.1) is 6.92 Å². The fourth-order valence-electron chi connectivity index (χ4n) is 4.12. The van der Waals surface area contributed by atoms with Gasteiger partial charge in [0.1, 0.15) is 17.0 Å². The third kappa shape index (κ3) is 3.37. The van der Waals surface area contributed by atoms with E-state index in [1.165, 1.54) is 17.2 Å². The van der Waals surface area contributed by atoms with Crippen LogP contribution in [0.15, 0.2) is 12.1 Å². The molecule has 3 aromatic heterocycles. The van der Waals surface area contributed by atoms with Crippen molar-refractivity contribution in [2.24, 2.45) is 0 Å². The summed E-state index contributed by atoms with van der Waals surface area (Å²) in [6.07, 6.45) is 0. The lowest BCUT2D eigenvalue weighted by atomic mass is 10.1. The van der Waals surface area contributed by atoms with Crippen LogP contribution in [-0.4, -0.2) is 71.2 Å². The maximum Gasteiger partial charge on any atom is 0.131 e. The van der Waals surface area contributed by atoms with Gasteiger partial charge in [-0.2, -0.15) is 9.47 Å². The van der Waals surface area contributed by atoms with Gasteiger partial charge in [-0.1, -0.05) is 0 Å². The first-order chi connectivity index (χ1) is 14.1. The van der Waals surface area contributed by atoms with Crippen LogP contribution in [0.2, 0.25) is 0 Å². The first-order valence-corrected chi connectivity index (χ1v) is 10.9. The molecule has 2 fully saturated rings. The molecule has 9 heteroatoms. The van der Waals surface area contributed by atoms with Gasteiger partial charge in [-0.15, -0.1) is 0 Å². The minimum Gasteiger partial charge on any atom is -0.377 e. The van der Waals surface area contributed by atoms with Crippen molar-refractivity contribution < 1.29 is 9.47 Å². The van der Waals surface area contributed by atoms with E-state index in [-0.39, 0.29) is 6.04 Å². The number of aromatic amines is 1. The number of H-pyrrole nitrogens is 1. The monoisotopic (exact) mass is 414 g/mol. The van der Waals surface area contributed by atoms with Gasteiger partial charge in [0, 0.05) is 25.2 Å². The van der Waals surface area contributed by atoms with E-state index in [0.29, 0.717) is 6.04 Å². The minimum atomic E-state index is 0.285. The summed E-state index contributed by atoms with van der Waals surface area (Å²) < 4.78 is 17.2. The summed E-state index contributed by atoms with van der Waals surface area (Å²) in [7, 11) is 0. The third-order valence-corrected chi connectivity index (χ3v) is 6.55. The standard InChI is InChI=1S/C20H26N6O2S/c1-12-8-15(23-22-12)18-19-20(29-24-18)16(25-4-6-27-10-13(25)2)9-17(21-19)26-5-7-28-11-14(26)3/h8-9,13-14H,4-7,10-11H2,1-3H3,(H,22,23)/t13-,14-/m1/s1. The van der Waals surface area contributed by atoms with Crippen LogP contribution in [0.3, 0.4) is 0 Å². The van der Waals surface area contributed by atoms with Crippen LogP contribution >= 0.6 is 11.5 Å². The largest absolute Gasteiger partial charge is 0.377 e. The van der Waals surface area contributed by atoms with Gasteiger partial charge in [-0.25, -0.2) is 4.98 Å². The Morgan fingerprint density at radius 3 is 2.45 bits per heavy atom. The Morgan fingerprint density at radius 1 is 1.07 bits per heavy atom. The SMILES string of the molecule is Cc1cc(-c2nsc3c(N4CCOC[C@H]4C)cc(N4CCOC[C@H]4C)nc23)[nH]n1. The number of ether oxygens (including phenoxy) is 2. The first-order valence-electron chi connectivity index (χ1n) is 10.1. The molecule has 29 heavy (non-hydrogen) atoms. The molecule has 0 bridgehead atoms. The second-order valence-corrected chi connectivity index (χ2v) is 8.64. The maximum absolute atomic E-state index is 5.68. The van der Waals surface area contributed by atoms with Crippen molar-refractivity contribution in [1.82, 2.24) is 19.6 Å². The zero-order valence-electron chi connectivity index (χ0n) is 17.0. The van der Waals surface area contributed by atoms with E-state index in [2.05, 4.69) is 39.9 Å². The molecular weight excluding hydrogens is 388 g/mol. The molecule has 0 saturated carbocycles. The molecule has 0 radical (unpaired) electrons. The van der Waals surface area contributed by atoms with E-state index in [1.54, 1.807) is 0 Å². The molecular formula is C20H26N6O2S. The molecule has 2 saturated heterocycles. The molecule has 3 aromatic rings. The Bertz CT molecular complexity index is 1020. The topological polar surface area (TPSA) is 79.4 Å². The van der Waals surface area contributed by atoms with Crippen molar-refractivity contribution in [3.8, 4) is 11.4 Å². The molecule has 8 nitrogen and oxygen atoms in total. The van der Waals surface area contributed by atoms with Crippen molar-refractivity contribution in [3.63, 3.8) is 0 Å². The highest BCUT2D eigenvalue weighted by Crippen LogP contribution is 2.39. The highest BCUT2D eigenvalue weighted by atomic mass is 32.1. The highest BCUT2D eigenvalue weighted by Gasteiger charge is 2.28. The Morgan fingerprint density at radius 2 is 1.79 bits per heavy atom. The fourth-order valence-corrected chi connectivity index (χ4v) is 4.99. The predicted octanol–water partition coefficient (Wildman–Crippen LogP) is 2.84. The summed E-state index contributed by atoms with van der Waals surface area (Å²) >= 11 is 1.51. The van der Waals surface area contributed by atoms with Crippen molar-refractivity contribution in [1.29, 1.82) is 0 Å². The third-order valence-electron chi connectivity index (χ3n) is 5.69. The molecule has 0 aromatic carbocycles. The van der Waals surface area contributed by atoms with Gasteiger partial charge in [0.25, 0.3) is 0 Å². The van der Waals surface area contributed by atoms with Crippen LogP contribution in [0.5, 0.6) is 0 Å². The lowest BCUT2D eigenvalue weighted by molar-refractivity contribution is 0.0982. The van der Waals surface area contributed by atoms with Crippen LogP contribution in [0.1, 0.15) is 19.5 Å². The summed E-state index contributed by atoms with van der Waals surface area (Å²) in [6.45, 7) is 11.0. The Hall–Kier alpha value is -2.23. The summed E-state index contributed by atoms with van der Waals surface area (Å²) in [6, 6.07) is 4.85. The number of hydrogen-bond acceptors (Lipinski definition) is 8. The maximum atomic E-state index is 5.68. The average Bonchev–Trinajstić information content (AvgIpc) is 3.34. The van der Waals surface area contributed by atoms with Crippen LogP contribution in [-0.2, 0) is 9.47 Å². The second-order valence-electron chi connectivity index (χ2n) is 7.87. The number of rotatable bonds is 3. The van der Waals surface area contributed by atoms with Gasteiger partial charge >= 0.3 is 0 Å². The lowest BCUT2D eigenvalue weighted by Gasteiger charge is -2.37. The number of pyridine rings is 1. The normalized spacial score (nSPS) is 23.1. The van der Waals surface area contributed by atoms with E-state index >= 15 is 0 Å². The lowest BCUT2D eigenvalue weighted by Crippen LogP contribution is -2.45. The minimum absolute atomic E-state index is 0.285. The van der Waals surface area contributed by atoms with E-state index in [0.717, 1.165) is 72.6 Å². The van der Waals surface area contributed by atoms with Gasteiger partial charge in [-0.3, -0.25) is 5.10 Å². The number of nitrogens with zero attached hydrogens (tertiary/aromatic N) is 5. The molecule has 2 aliphatic heterocycles. The van der Waals surface area contributed by atoms with Crippen LogP contribution in [0.4, 0.5) is 11.5 Å². The molecule has 0 unspecified atom stereocenters. The van der Waals surface area contributed by atoms with E-state index in [1.807, 2.05) is 13.0 Å². The van der Waals surface area contributed by atoms with E-state index in [9.17, 15) is 0 Å². The number of anilines is 2. The second kappa shape index (κ2) is 7.55. The summed E-state index contributed by atoms with van der Waals surface area (Å²) in [4.78, 5) is 9.87. The van der Waals surface area contributed by atoms with E-state index in [4.69, 9.17) is 18.8 Å². The molecule has 154 valence electrons. The molecule has 0 aliphatic carbocycles. The molecule has 5 rings (SSSR count). The van der Waals surface area contributed by atoms with Crippen molar-refractivity contribution in [2.45, 2.75) is 32.9 Å². The van der Waals surface area contributed by atoms with E-state index < -0.39 is 0 Å². The molecule has 2 aliphatic rings. The van der Waals surface area contributed by atoms with Gasteiger partial charge in [-0.05, 0) is 38.4 Å². The summed E-state index contributed by atoms with van der Waals surface area (Å²) in [5, 5.41) is 7.39. The number of nitrogens with one attached hydrogen (secondary N) is 1. The van der Waals surface area contributed by atoms with Crippen molar-refractivity contribution in [2.75, 3.05) is 49.3 Å². The number of fused-ring (bicyclic) bond motifs is 1. The highest BCUT2D eigenvalue weighted by molar-refractivity contribution is 7.14. The van der Waals surface area contributed by atoms with Gasteiger partial charge < -0.3 is 19.3 Å². The molecule has 0 amide bonds. The fraction of sp³-hybridized carbons (Fsp3) is 0.550. The van der Waals surface area contributed by atoms with Crippen LogP contribution in [0.25, 0.3) is 21.6 Å². The van der Waals surface area contributed by atoms with Crippen molar-refractivity contribution in [3.05, 3.63) is 17.8 Å². The summed E-state index contributed by atoms with van der Waals surface area (Å²) in [5.41, 5.74) is 4.86. The number of hydrogen-bond donors (Lipinski definition) is 1. The molecule has 0 spiro atoms. The summed E-state index contributed by atoms with van der Waals surface area (Å²) in [5.74, 6) is 0.986. The van der Waals surface area contributed by atoms with Crippen molar-refractivity contribution >= 4 is 33.3 Å². The Balaban J connectivity index is 1.68. The Labute approximate surface area is 174 Å². The smallest absolute Gasteiger partial charge is 0.131 e. The van der Waals surface area contributed by atoms with Crippen LogP contribution < -0.4 is 9.80 Å². The predicted molar refractivity (Wildman–Crippen MR) is 115 cm³/mol. The number of aryl methyl sites for hydroxylation is 1. The quantitative estimate of drug-likeness (QED) is 0.706. The Kier molecular flexibility index (Phi) is 4.89. The van der Waals surface area contributed by atoms with Gasteiger partial charge in [0.2, 0.25) is 0 Å². The zero-order chi connectivity index (χ0) is 20.0. The van der Waals surface area contributed by atoms with Gasteiger partial charge in [0.05, 0.1) is 54.2 Å². The molecule has 2 atom stereocenters.